The van der Waals surface area contributed by atoms with Crippen molar-refractivity contribution < 1.29 is 19.5 Å². The van der Waals surface area contributed by atoms with Crippen molar-refractivity contribution in [1.29, 1.82) is 0 Å². The first-order chi connectivity index (χ1) is 3.95. The lowest BCUT2D eigenvalue weighted by molar-refractivity contribution is -0.194. The Morgan fingerprint density at radius 1 is 1.70 bits per heavy atom. The van der Waals surface area contributed by atoms with Gasteiger partial charge < -0.3 is 25.6 Å². The van der Waals surface area contributed by atoms with E-state index in [0.717, 1.165) is 0 Å². The maximum atomic E-state index is 10.0. The first kappa shape index (κ1) is 13.2. The molecule has 0 saturated heterocycles. The number of hydrogen-bond donors (Lipinski definition) is 3. The van der Waals surface area contributed by atoms with Gasteiger partial charge in [-0.2, -0.15) is 0 Å². The molecule has 0 bridgehead atoms. The van der Waals surface area contributed by atoms with Crippen LogP contribution in [0.3, 0.4) is 0 Å². The molecule has 0 aromatic rings. The zero-order valence-corrected chi connectivity index (χ0v) is 8.01. The molecule has 10 heavy (non-hydrogen) atoms. The average molecular weight is 236 g/mol. The molecule has 0 aromatic carbocycles. The predicted octanol–water partition coefficient (Wildman–Crippen LogP) is -0.336. The molecule has 0 amide bonds. The number of halogens is 1. The van der Waals surface area contributed by atoms with Gasteiger partial charge >= 0.3 is 0 Å². The van der Waals surface area contributed by atoms with Crippen LogP contribution < -0.4 is 11.0 Å². The Morgan fingerprint density at radius 3 is 2.20 bits per heavy atom. The summed E-state index contributed by atoms with van der Waals surface area (Å²) in [5.41, 5.74) is 0. The van der Waals surface area contributed by atoms with Gasteiger partial charge in [-0.15, -0.1) is 0 Å². The van der Waals surface area contributed by atoms with Gasteiger partial charge in [0.15, 0.2) is 0 Å². The lowest BCUT2D eigenvalue weighted by Crippen LogP contribution is -2.18. The molecule has 0 fully saturated rings. The van der Waals surface area contributed by atoms with Gasteiger partial charge in [0.1, 0.15) is 7.60 Å². The highest BCUT2D eigenvalue weighted by Crippen LogP contribution is 2.29. The Labute approximate surface area is 67.3 Å². The van der Waals surface area contributed by atoms with Crippen molar-refractivity contribution >= 4 is 23.5 Å². The summed E-state index contributed by atoms with van der Waals surface area (Å²) >= 11 is 2.85. The SMILES string of the molecule is O=P([O-])(O)CC(O)CBr.[NH4+]. The van der Waals surface area contributed by atoms with E-state index in [4.69, 9.17) is 10.00 Å². The molecule has 0 spiro atoms. The van der Waals surface area contributed by atoms with Crippen molar-refractivity contribution in [3.8, 4) is 0 Å². The van der Waals surface area contributed by atoms with Gasteiger partial charge in [-0.1, -0.05) is 15.9 Å². The smallest absolute Gasteiger partial charge is 0.135 e. The third-order valence-corrected chi connectivity index (χ3v) is 2.25. The van der Waals surface area contributed by atoms with Crippen LogP contribution >= 0.6 is 23.5 Å². The van der Waals surface area contributed by atoms with Gasteiger partial charge in [0.05, 0.1) is 6.10 Å². The zero-order chi connectivity index (χ0) is 7.49. The van der Waals surface area contributed by atoms with E-state index in [1.54, 1.807) is 0 Å². The molecule has 0 rings (SSSR count). The highest BCUT2D eigenvalue weighted by Gasteiger charge is 2.09. The highest BCUT2D eigenvalue weighted by atomic mass is 79.9. The summed E-state index contributed by atoms with van der Waals surface area (Å²) in [6, 6.07) is 0. The van der Waals surface area contributed by atoms with E-state index in [9.17, 15) is 9.46 Å². The quantitative estimate of drug-likeness (QED) is 0.459. The summed E-state index contributed by atoms with van der Waals surface area (Å²) in [6.07, 6.45) is -1.60. The van der Waals surface area contributed by atoms with Gasteiger partial charge in [-0.3, -0.25) is 0 Å². The van der Waals surface area contributed by atoms with Crippen molar-refractivity contribution in [2.75, 3.05) is 11.5 Å². The Kier molecular flexibility index (Phi) is 6.89. The molecular formula is C3H11BrNO4P. The zero-order valence-electron chi connectivity index (χ0n) is 5.53. The molecule has 2 unspecified atom stereocenters. The van der Waals surface area contributed by atoms with E-state index in [0.29, 0.717) is 0 Å². The lowest BCUT2D eigenvalue weighted by atomic mass is 10.5. The summed E-state index contributed by atoms with van der Waals surface area (Å²) < 4.78 is 10.0. The van der Waals surface area contributed by atoms with E-state index < -0.39 is 19.9 Å². The van der Waals surface area contributed by atoms with Gasteiger partial charge in [0, 0.05) is 11.5 Å². The minimum Gasteiger partial charge on any atom is -0.779 e. The lowest BCUT2D eigenvalue weighted by Gasteiger charge is -2.17. The summed E-state index contributed by atoms with van der Waals surface area (Å²) in [6.45, 7) is 0. The Hall–Kier alpha value is 0.550. The Balaban J connectivity index is 0. The average Bonchev–Trinajstić information content (AvgIpc) is 1.62. The molecule has 0 aromatic heterocycles. The molecule has 2 atom stereocenters. The number of aliphatic hydroxyl groups excluding tert-OH is 1. The molecule has 64 valence electrons. The molecule has 5 nitrogen and oxygen atoms in total. The van der Waals surface area contributed by atoms with Crippen molar-refractivity contribution in [3.05, 3.63) is 0 Å². The first-order valence-electron chi connectivity index (χ1n) is 2.22. The van der Waals surface area contributed by atoms with Crippen LogP contribution in [0.5, 0.6) is 0 Å². The second-order valence-corrected chi connectivity index (χ2v) is 3.92. The van der Waals surface area contributed by atoms with Crippen LogP contribution in [0.4, 0.5) is 0 Å². The van der Waals surface area contributed by atoms with E-state index in [1.165, 1.54) is 0 Å². The minimum absolute atomic E-state index is 0. The summed E-state index contributed by atoms with van der Waals surface area (Å²) in [7, 11) is -4.27. The molecule has 6 N–H and O–H groups in total. The summed E-state index contributed by atoms with van der Waals surface area (Å²) in [5.74, 6) is 0. The number of rotatable bonds is 3. The highest BCUT2D eigenvalue weighted by molar-refractivity contribution is 9.09. The minimum atomic E-state index is -4.27. The fourth-order valence-electron chi connectivity index (χ4n) is 0.315. The monoisotopic (exact) mass is 235 g/mol. The third-order valence-electron chi connectivity index (χ3n) is 0.620. The fourth-order valence-corrected chi connectivity index (χ4v) is 1.56. The van der Waals surface area contributed by atoms with Crippen LogP contribution in [0.25, 0.3) is 0 Å². The van der Waals surface area contributed by atoms with Crippen LogP contribution in [-0.2, 0) is 4.57 Å². The molecule has 0 radical (unpaired) electrons. The van der Waals surface area contributed by atoms with E-state index in [-0.39, 0.29) is 11.5 Å². The first-order valence-corrected chi connectivity index (χ1v) is 5.11. The largest absolute Gasteiger partial charge is 0.779 e. The fraction of sp³-hybridized carbons (Fsp3) is 1.00. The molecule has 7 heteroatoms. The Bertz CT molecular complexity index is 126. The number of alkyl halides is 1. The van der Waals surface area contributed by atoms with E-state index >= 15 is 0 Å². The normalized spacial score (nSPS) is 18.8. The predicted molar refractivity (Wildman–Crippen MR) is 40.5 cm³/mol. The molecular weight excluding hydrogens is 225 g/mol. The van der Waals surface area contributed by atoms with Gasteiger partial charge in [-0.05, 0) is 0 Å². The molecule has 0 aliphatic carbocycles. The van der Waals surface area contributed by atoms with Crippen LogP contribution in [0.1, 0.15) is 0 Å². The maximum Gasteiger partial charge on any atom is 0.135 e. The number of quaternary nitrogens is 1. The second kappa shape index (κ2) is 5.23. The van der Waals surface area contributed by atoms with Crippen LogP contribution in [0.15, 0.2) is 0 Å². The van der Waals surface area contributed by atoms with Gasteiger partial charge in [-0.25, -0.2) is 0 Å². The van der Waals surface area contributed by atoms with E-state index in [1.807, 2.05) is 0 Å². The molecule has 0 aliphatic rings. The van der Waals surface area contributed by atoms with Gasteiger partial charge in [0.2, 0.25) is 0 Å². The Morgan fingerprint density at radius 2 is 2.10 bits per heavy atom. The van der Waals surface area contributed by atoms with Crippen molar-refractivity contribution in [1.82, 2.24) is 6.15 Å². The maximum absolute atomic E-state index is 10.0. The van der Waals surface area contributed by atoms with Crippen LogP contribution in [0, 0.1) is 0 Å². The summed E-state index contributed by atoms with van der Waals surface area (Å²) in [4.78, 5) is 18.1. The number of hydrogen-bond acceptors (Lipinski definition) is 3. The third kappa shape index (κ3) is 8.55. The van der Waals surface area contributed by atoms with Gasteiger partial charge in [0.25, 0.3) is 0 Å². The van der Waals surface area contributed by atoms with Crippen LogP contribution in [-0.4, -0.2) is 27.6 Å². The van der Waals surface area contributed by atoms with Crippen LogP contribution in [0.2, 0.25) is 0 Å². The molecule has 0 aliphatic heterocycles. The van der Waals surface area contributed by atoms with Crippen molar-refractivity contribution in [2.24, 2.45) is 0 Å². The molecule has 0 heterocycles. The van der Waals surface area contributed by atoms with Crippen molar-refractivity contribution in [3.63, 3.8) is 0 Å². The molecule has 0 saturated carbocycles. The standard InChI is InChI=1S/C3H8BrO4P.H3N/c4-1-3(5)2-9(6,7)8;/h3,5H,1-2H2,(H2,6,7,8);1H3. The van der Waals surface area contributed by atoms with E-state index in [2.05, 4.69) is 15.9 Å². The number of aliphatic hydroxyl groups is 1. The second-order valence-electron chi connectivity index (χ2n) is 1.63. The summed E-state index contributed by atoms with van der Waals surface area (Å²) in [5, 5.41) is 8.77. The topological polar surface area (TPSA) is 117 Å². The van der Waals surface area contributed by atoms with Crippen molar-refractivity contribution in [2.45, 2.75) is 6.10 Å².